The first-order valence-corrected chi connectivity index (χ1v) is 6.89. The largest absolute Gasteiger partial charge is 0.434 e. The number of carbonyl (C=O) groups is 1. The molecule has 0 fully saturated rings. The third-order valence-corrected chi connectivity index (χ3v) is 3.12. The van der Waals surface area contributed by atoms with Crippen molar-refractivity contribution in [3.8, 4) is 5.75 Å². The number of halogens is 2. The van der Waals surface area contributed by atoms with Crippen LogP contribution in [0.5, 0.6) is 5.75 Å². The summed E-state index contributed by atoms with van der Waals surface area (Å²) < 4.78 is 30.8. The highest BCUT2D eigenvalue weighted by molar-refractivity contribution is 5.97. The maximum absolute atomic E-state index is 12.4. The number of nitrogens with one attached hydrogen (secondary N) is 1. The number of nitrogens with zero attached hydrogens (tertiary/aromatic N) is 2. The summed E-state index contributed by atoms with van der Waals surface area (Å²) in [5.74, 6) is -0.643. The summed E-state index contributed by atoms with van der Waals surface area (Å²) in [6.07, 6.45) is 1.81. The van der Waals surface area contributed by atoms with E-state index in [-0.39, 0.29) is 17.4 Å². The molecule has 1 unspecified atom stereocenters. The third kappa shape index (κ3) is 3.81. The van der Waals surface area contributed by atoms with E-state index in [2.05, 4.69) is 15.2 Å². The molecule has 1 N–H and O–H groups in total. The van der Waals surface area contributed by atoms with E-state index in [1.165, 1.54) is 18.2 Å². The first kappa shape index (κ1) is 15.9. The van der Waals surface area contributed by atoms with Gasteiger partial charge in [0, 0.05) is 12.7 Å². The smallest absolute Gasteiger partial charge is 0.387 e. The molecule has 0 saturated carbocycles. The van der Waals surface area contributed by atoms with Crippen LogP contribution in [-0.2, 0) is 6.54 Å². The molecular weight excluding hydrogens is 292 g/mol. The lowest BCUT2D eigenvalue weighted by atomic mass is 10.1. The Morgan fingerprint density at radius 1 is 1.36 bits per heavy atom. The van der Waals surface area contributed by atoms with Gasteiger partial charge in [0.2, 0.25) is 0 Å². The number of hydrogen-bond donors (Lipinski definition) is 1. The van der Waals surface area contributed by atoms with Gasteiger partial charge in [-0.05, 0) is 32.0 Å². The second-order valence-corrected chi connectivity index (χ2v) is 4.67. The van der Waals surface area contributed by atoms with E-state index in [1.807, 2.05) is 13.1 Å². The number of aryl methyl sites for hydroxylation is 1. The minimum Gasteiger partial charge on any atom is -0.434 e. The van der Waals surface area contributed by atoms with Gasteiger partial charge < -0.3 is 10.1 Å². The number of hydrogen-bond acceptors (Lipinski definition) is 3. The monoisotopic (exact) mass is 309 g/mol. The first-order valence-electron chi connectivity index (χ1n) is 6.89. The molecule has 0 saturated heterocycles. The van der Waals surface area contributed by atoms with E-state index < -0.39 is 12.5 Å². The predicted octanol–water partition coefficient (Wildman–Crippen LogP) is 3.00. The van der Waals surface area contributed by atoms with E-state index in [4.69, 9.17) is 0 Å². The first-order chi connectivity index (χ1) is 10.5. The van der Waals surface area contributed by atoms with Gasteiger partial charge in [-0.2, -0.15) is 13.9 Å². The average Bonchev–Trinajstić information content (AvgIpc) is 2.96. The van der Waals surface area contributed by atoms with Crippen LogP contribution in [0.1, 0.15) is 35.9 Å². The van der Waals surface area contributed by atoms with Gasteiger partial charge in [0.15, 0.2) is 0 Å². The van der Waals surface area contributed by atoms with Crippen LogP contribution in [0.4, 0.5) is 8.78 Å². The molecule has 22 heavy (non-hydrogen) atoms. The van der Waals surface area contributed by atoms with Crippen molar-refractivity contribution in [3.05, 3.63) is 47.8 Å². The highest BCUT2D eigenvalue weighted by Crippen LogP contribution is 2.21. The summed E-state index contributed by atoms with van der Waals surface area (Å²) in [6, 6.07) is 7.34. The zero-order chi connectivity index (χ0) is 16.1. The molecule has 0 radical (unpaired) electrons. The zero-order valence-corrected chi connectivity index (χ0v) is 12.3. The molecule has 0 spiro atoms. The van der Waals surface area contributed by atoms with Gasteiger partial charge in [-0.25, -0.2) is 0 Å². The van der Waals surface area contributed by atoms with Crippen molar-refractivity contribution in [3.63, 3.8) is 0 Å². The fraction of sp³-hybridized carbons (Fsp3) is 0.333. The van der Waals surface area contributed by atoms with Crippen LogP contribution in [0.3, 0.4) is 0 Å². The lowest BCUT2D eigenvalue weighted by molar-refractivity contribution is -0.0501. The molecule has 2 aromatic rings. The Labute approximate surface area is 126 Å². The molecule has 1 aromatic carbocycles. The summed E-state index contributed by atoms with van der Waals surface area (Å²) in [6.45, 7) is 1.48. The topological polar surface area (TPSA) is 56.2 Å². The van der Waals surface area contributed by atoms with Crippen molar-refractivity contribution in [1.82, 2.24) is 15.1 Å². The number of benzene rings is 1. The molecule has 0 bridgehead atoms. The fourth-order valence-electron chi connectivity index (χ4n) is 1.99. The van der Waals surface area contributed by atoms with E-state index in [9.17, 15) is 13.6 Å². The van der Waals surface area contributed by atoms with Gasteiger partial charge in [0.25, 0.3) is 5.91 Å². The van der Waals surface area contributed by atoms with E-state index in [1.54, 1.807) is 23.7 Å². The molecule has 7 heteroatoms. The Balaban J connectivity index is 2.11. The quantitative estimate of drug-likeness (QED) is 0.892. The van der Waals surface area contributed by atoms with Crippen LogP contribution in [0.15, 0.2) is 36.5 Å². The molecule has 5 nitrogen and oxygen atoms in total. The Kier molecular flexibility index (Phi) is 5.08. The fourth-order valence-corrected chi connectivity index (χ4v) is 1.99. The summed E-state index contributed by atoms with van der Waals surface area (Å²) in [4.78, 5) is 12.2. The molecule has 1 aromatic heterocycles. The SMILES string of the molecule is CCn1ccc(C(C)NC(=O)c2ccccc2OC(F)F)n1. The van der Waals surface area contributed by atoms with Gasteiger partial charge >= 0.3 is 6.61 Å². The van der Waals surface area contributed by atoms with Gasteiger partial charge in [-0.3, -0.25) is 9.48 Å². The Bertz CT molecular complexity index is 643. The molecular formula is C15H17F2N3O2. The molecule has 1 heterocycles. The van der Waals surface area contributed by atoms with Crippen LogP contribution in [0, 0.1) is 0 Å². The second kappa shape index (κ2) is 7.02. The number of alkyl halides is 2. The minimum atomic E-state index is -2.98. The molecule has 0 aliphatic carbocycles. The number of carbonyl (C=O) groups excluding carboxylic acids is 1. The van der Waals surface area contributed by atoms with Crippen molar-refractivity contribution >= 4 is 5.91 Å². The molecule has 1 atom stereocenters. The second-order valence-electron chi connectivity index (χ2n) is 4.67. The average molecular weight is 309 g/mol. The third-order valence-electron chi connectivity index (χ3n) is 3.12. The number of rotatable bonds is 6. The van der Waals surface area contributed by atoms with E-state index in [0.717, 1.165) is 6.54 Å². The van der Waals surface area contributed by atoms with Crippen LogP contribution in [0.2, 0.25) is 0 Å². The van der Waals surface area contributed by atoms with Gasteiger partial charge in [0.05, 0.1) is 17.3 Å². The Morgan fingerprint density at radius 3 is 2.73 bits per heavy atom. The molecule has 0 aliphatic rings. The van der Waals surface area contributed by atoms with E-state index >= 15 is 0 Å². The van der Waals surface area contributed by atoms with Gasteiger partial charge in [-0.1, -0.05) is 12.1 Å². The van der Waals surface area contributed by atoms with Crippen LogP contribution < -0.4 is 10.1 Å². The Hall–Kier alpha value is -2.44. The molecule has 1 amide bonds. The highest BCUT2D eigenvalue weighted by Gasteiger charge is 2.18. The van der Waals surface area contributed by atoms with Crippen LogP contribution in [0.25, 0.3) is 0 Å². The van der Waals surface area contributed by atoms with Gasteiger partial charge in [0.1, 0.15) is 5.75 Å². The number of amides is 1. The highest BCUT2D eigenvalue weighted by atomic mass is 19.3. The summed E-state index contributed by atoms with van der Waals surface area (Å²) in [7, 11) is 0. The lowest BCUT2D eigenvalue weighted by Crippen LogP contribution is -2.27. The number of para-hydroxylation sites is 1. The predicted molar refractivity (Wildman–Crippen MR) is 76.9 cm³/mol. The maximum Gasteiger partial charge on any atom is 0.387 e. The molecule has 0 aliphatic heterocycles. The maximum atomic E-state index is 12.4. The van der Waals surface area contributed by atoms with Crippen LogP contribution >= 0.6 is 0 Å². The van der Waals surface area contributed by atoms with Crippen molar-refractivity contribution in [2.24, 2.45) is 0 Å². The summed E-state index contributed by atoms with van der Waals surface area (Å²) in [5.41, 5.74) is 0.757. The van der Waals surface area contributed by atoms with Crippen molar-refractivity contribution in [2.45, 2.75) is 33.0 Å². The molecule has 2 rings (SSSR count). The van der Waals surface area contributed by atoms with Crippen LogP contribution in [-0.4, -0.2) is 22.3 Å². The van der Waals surface area contributed by atoms with Crippen molar-refractivity contribution in [1.29, 1.82) is 0 Å². The van der Waals surface area contributed by atoms with Crippen molar-refractivity contribution in [2.75, 3.05) is 0 Å². The molecule has 118 valence electrons. The summed E-state index contributed by atoms with van der Waals surface area (Å²) >= 11 is 0. The zero-order valence-electron chi connectivity index (χ0n) is 12.3. The van der Waals surface area contributed by atoms with Crippen molar-refractivity contribution < 1.29 is 18.3 Å². The summed E-state index contributed by atoms with van der Waals surface area (Å²) in [5, 5.41) is 7.02. The minimum absolute atomic E-state index is 0.0598. The number of aromatic nitrogens is 2. The van der Waals surface area contributed by atoms with E-state index in [0.29, 0.717) is 5.69 Å². The Morgan fingerprint density at radius 2 is 2.09 bits per heavy atom. The lowest BCUT2D eigenvalue weighted by Gasteiger charge is -2.14. The van der Waals surface area contributed by atoms with Gasteiger partial charge in [-0.15, -0.1) is 0 Å². The number of ether oxygens (including phenoxy) is 1. The standard InChI is InChI=1S/C15H17F2N3O2/c1-3-20-9-8-12(19-20)10(2)18-14(21)11-6-4-5-7-13(11)22-15(16)17/h4-10,15H,3H2,1-2H3,(H,18,21). The normalized spacial score (nSPS) is 12.2.